The molecule has 1 heterocycles. The lowest BCUT2D eigenvalue weighted by Crippen LogP contribution is -2.31. The molecule has 4 heteroatoms. The summed E-state index contributed by atoms with van der Waals surface area (Å²) in [7, 11) is 4.16. The van der Waals surface area contributed by atoms with Gasteiger partial charge in [0.2, 0.25) is 0 Å². The number of hydrogen-bond donors (Lipinski definition) is 1. The van der Waals surface area contributed by atoms with Crippen LogP contribution in [0, 0.1) is 0 Å². The fourth-order valence-corrected chi connectivity index (χ4v) is 3.26. The molecule has 26 heavy (non-hydrogen) atoms. The smallest absolute Gasteiger partial charge is 0.336 e. The molecule has 4 nitrogen and oxygen atoms in total. The second-order valence-corrected chi connectivity index (χ2v) is 6.80. The van der Waals surface area contributed by atoms with Crippen molar-refractivity contribution in [3.63, 3.8) is 0 Å². The fraction of sp³-hybridized carbons (Fsp3) is 0.318. The van der Waals surface area contributed by atoms with Crippen LogP contribution in [0.15, 0.2) is 63.8 Å². The first-order chi connectivity index (χ1) is 12.6. The third kappa shape index (κ3) is 4.21. The highest BCUT2D eigenvalue weighted by Crippen LogP contribution is 2.20. The van der Waals surface area contributed by atoms with E-state index in [1.807, 2.05) is 12.1 Å². The van der Waals surface area contributed by atoms with Gasteiger partial charge in [0, 0.05) is 30.6 Å². The summed E-state index contributed by atoms with van der Waals surface area (Å²) in [4.78, 5) is 14.1. The Labute approximate surface area is 154 Å². The highest BCUT2D eigenvalue weighted by atomic mass is 16.4. The van der Waals surface area contributed by atoms with Gasteiger partial charge in [0.15, 0.2) is 0 Å². The summed E-state index contributed by atoms with van der Waals surface area (Å²) in [5, 5.41) is 4.50. The van der Waals surface area contributed by atoms with Crippen LogP contribution in [-0.2, 0) is 13.0 Å². The first kappa shape index (κ1) is 18.4. The van der Waals surface area contributed by atoms with E-state index in [1.165, 1.54) is 11.1 Å². The molecule has 0 amide bonds. The highest BCUT2D eigenvalue weighted by molar-refractivity contribution is 5.80. The topological polar surface area (TPSA) is 45.5 Å². The molecule has 3 aromatic rings. The Kier molecular flexibility index (Phi) is 5.86. The Hall–Kier alpha value is -2.43. The summed E-state index contributed by atoms with van der Waals surface area (Å²) in [6, 6.07) is 18.4. The van der Waals surface area contributed by atoms with Crippen LogP contribution in [0.3, 0.4) is 0 Å². The summed E-state index contributed by atoms with van der Waals surface area (Å²) in [5.41, 5.74) is 3.79. The number of aryl methyl sites for hydroxylation is 1. The average molecular weight is 350 g/mol. The first-order valence-electron chi connectivity index (χ1n) is 9.06. The Morgan fingerprint density at radius 2 is 1.85 bits per heavy atom. The van der Waals surface area contributed by atoms with Crippen molar-refractivity contribution in [1.29, 1.82) is 0 Å². The predicted molar refractivity (Wildman–Crippen MR) is 106 cm³/mol. The minimum atomic E-state index is -0.297. The van der Waals surface area contributed by atoms with Crippen molar-refractivity contribution in [2.45, 2.75) is 25.9 Å². The normalized spacial score (nSPS) is 12.6. The molecule has 0 aliphatic rings. The van der Waals surface area contributed by atoms with Crippen molar-refractivity contribution < 1.29 is 4.42 Å². The number of rotatable bonds is 7. The molecule has 2 aromatic carbocycles. The largest absolute Gasteiger partial charge is 0.423 e. The minimum absolute atomic E-state index is 0.272. The van der Waals surface area contributed by atoms with E-state index in [2.05, 4.69) is 67.6 Å². The molecule has 0 saturated carbocycles. The Balaban J connectivity index is 1.78. The molecule has 1 atom stereocenters. The van der Waals surface area contributed by atoms with Gasteiger partial charge >= 0.3 is 5.63 Å². The third-order valence-electron chi connectivity index (χ3n) is 4.76. The summed E-state index contributed by atoms with van der Waals surface area (Å²) in [6.07, 6.45) is 0.920. The van der Waals surface area contributed by atoms with Gasteiger partial charge in [0.1, 0.15) is 5.58 Å². The Morgan fingerprint density at radius 1 is 1.08 bits per heavy atom. The number of fused-ring (bicyclic) bond motifs is 1. The summed E-state index contributed by atoms with van der Waals surface area (Å²) >= 11 is 0. The monoisotopic (exact) mass is 350 g/mol. The Morgan fingerprint density at radius 3 is 2.54 bits per heavy atom. The number of benzene rings is 2. The molecule has 3 rings (SSSR count). The minimum Gasteiger partial charge on any atom is -0.423 e. The van der Waals surface area contributed by atoms with Gasteiger partial charge in [0.25, 0.3) is 0 Å². The van der Waals surface area contributed by atoms with Gasteiger partial charge in [-0.2, -0.15) is 0 Å². The molecular weight excluding hydrogens is 324 g/mol. The molecule has 0 fully saturated rings. The van der Waals surface area contributed by atoms with Crippen LogP contribution in [0.1, 0.15) is 29.7 Å². The zero-order valence-corrected chi connectivity index (χ0v) is 15.7. The van der Waals surface area contributed by atoms with Crippen LogP contribution in [0.2, 0.25) is 0 Å². The highest BCUT2D eigenvalue weighted by Gasteiger charge is 2.14. The molecule has 1 N–H and O–H groups in total. The van der Waals surface area contributed by atoms with Crippen molar-refractivity contribution in [3.8, 4) is 0 Å². The van der Waals surface area contributed by atoms with Crippen molar-refractivity contribution in [1.82, 2.24) is 10.2 Å². The van der Waals surface area contributed by atoms with Crippen molar-refractivity contribution >= 4 is 11.0 Å². The van der Waals surface area contributed by atoms with Crippen LogP contribution >= 0.6 is 0 Å². The molecule has 0 radical (unpaired) electrons. The van der Waals surface area contributed by atoms with E-state index in [1.54, 1.807) is 6.07 Å². The van der Waals surface area contributed by atoms with E-state index < -0.39 is 0 Å². The first-order valence-corrected chi connectivity index (χ1v) is 9.06. The molecule has 0 saturated heterocycles. The van der Waals surface area contributed by atoms with E-state index in [9.17, 15) is 4.79 Å². The maximum absolute atomic E-state index is 11.9. The van der Waals surface area contributed by atoms with Crippen molar-refractivity contribution in [2.75, 3.05) is 20.6 Å². The number of nitrogens with zero attached hydrogens (tertiary/aromatic N) is 1. The van der Waals surface area contributed by atoms with E-state index in [4.69, 9.17) is 4.42 Å². The molecule has 0 aliphatic heterocycles. The molecule has 1 aromatic heterocycles. The second kappa shape index (κ2) is 8.30. The van der Waals surface area contributed by atoms with Crippen LogP contribution < -0.4 is 10.9 Å². The lowest BCUT2D eigenvalue weighted by molar-refractivity contribution is 0.288. The molecular formula is C22H26N2O2. The number of nitrogens with one attached hydrogen (secondary N) is 1. The van der Waals surface area contributed by atoms with Gasteiger partial charge in [-0.1, -0.05) is 49.4 Å². The molecule has 0 spiro atoms. The lowest BCUT2D eigenvalue weighted by Gasteiger charge is -2.25. The maximum atomic E-state index is 11.9. The standard InChI is InChI=1S/C22H26N2O2/c1-4-16-10-11-19-18(13-22(25)26-21(19)12-16)14-23-15-20(24(2)3)17-8-6-5-7-9-17/h5-13,20,23H,4,14-15H2,1-3H3/t20-/m1/s1. The van der Waals surface area contributed by atoms with Crippen LogP contribution in [0.25, 0.3) is 11.0 Å². The van der Waals surface area contributed by atoms with E-state index >= 15 is 0 Å². The second-order valence-electron chi connectivity index (χ2n) is 6.80. The zero-order chi connectivity index (χ0) is 18.5. The van der Waals surface area contributed by atoms with Crippen LogP contribution in [0.4, 0.5) is 0 Å². The third-order valence-corrected chi connectivity index (χ3v) is 4.76. The summed E-state index contributed by atoms with van der Waals surface area (Å²) in [5.74, 6) is 0. The van der Waals surface area contributed by atoms with Gasteiger partial charge in [-0.15, -0.1) is 0 Å². The summed E-state index contributed by atoms with van der Waals surface area (Å²) < 4.78 is 5.39. The van der Waals surface area contributed by atoms with Crippen LogP contribution in [-0.4, -0.2) is 25.5 Å². The maximum Gasteiger partial charge on any atom is 0.336 e. The summed E-state index contributed by atoms with van der Waals surface area (Å²) in [6.45, 7) is 3.52. The zero-order valence-electron chi connectivity index (χ0n) is 15.7. The van der Waals surface area contributed by atoms with Gasteiger partial charge in [0.05, 0.1) is 0 Å². The van der Waals surface area contributed by atoms with Crippen molar-refractivity contribution in [2.24, 2.45) is 0 Å². The molecule has 0 unspecified atom stereocenters. The molecule has 0 bridgehead atoms. The average Bonchev–Trinajstić information content (AvgIpc) is 2.64. The quantitative estimate of drug-likeness (QED) is 0.659. The van der Waals surface area contributed by atoms with Crippen molar-refractivity contribution in [3.05, 3.63) is 81.7 Å². The Bertz CT molecular complexity index is 916. The predicted octanol–water partition coefficient (Wildman–Crippen LogP) is 3.75. The van der Waals surface area contributed by atoms with Gasteiger partial charge in [-0.05, 0) is 43.3 Å². The molecule has 0 aliphatic carbocycles. The number of likely N-dealkylation sites (N-methyl/N-ethyl adjacent to an activating group) is 1. The fourth-order valence-electron chi connectivity index (χ4n) is 3.26. The molecule has 136 valence electrons. The van der Waals surface area contributed by atoms with Crippen LogP contribution in [0.5, 0.6) is 0 Å². The van der Waals surface area contributed by atoms with Gasteiger partial charge < -0.3 is 14.6 Å². The number of hydrogen-bond acceptors (Lipinski definition) is 4. The van der Waals surface area contributed by atoms with E-state index in [-0.39, 0.29) is 11.7 Å². The van der Waals surface area contributed by atoms with E-state index in [0.29, 0.717) is 12.1 Å². The lowest BCUT2D eigenvalue weighted by atomic mass is 10.0. The van der Waals surface area contributed by atoms with Gasteiger partial charge in [-0.25, -0.2) is 4.79 Å². The van der Waals surface area contributed by atoms with E-state index in [0.717, 1.165) is 23.9 Å². The van der Waals surface area contributed by atoms with Gasteiger partial charge in [-0.3, -0.25) is 0 Å². The SMILES string of the molecule is CCc1ccc2c(CNC[C@H](c3ccccc3)N(C)C)cc(=O)oc2c1.